The van der Waals surface area contributed by atoms with Crippen molar-refractivity contribution in [3.8, 4) is 11.6 Å². The lowest BCUT2D eigenvalue weighted by Crippen LogP contribution is -2.54. The van der Waals surface area contributed by atoms with Crippen LogP contribution in [0.15, 0.2) is 48.7 Å². The molecule has 2 aromatic rings. The van der Waals surface area contributed by atoms with Crippen LogP contribution in [0.2, 0.25) is 0 Å². The summed E-state index contributed by atoms with van der Waals surface area (Å²) in [5.41, 5.74) is 5.98. The maximum absolute atomic E-state index is 12.3. The molecule has 0 atom stereocenters. The second kappa shape index (κ2) is 9.58. The van der Waals surface area contributed by atoms with E-state index in [-0.39, 0.29) is 30.7 Å². The van der Waals surface area contributed by atoms with Gasteiger partial charge in [0.15, 0.2) is 0 Å². The van der Waals surface area contributed by atoms with Crippen molar-refractivity contribution >= 4 is 36.4 Å². The van der Waals surface area contributed by atoms with E-state index in [0.29, 0.717) is 43.4 Å². The summed E-state index contributed by atoms with van der Waals surface area (Å²) in [7, 11) is 0. The minimum absolute atomic E-state index is 0. The Bertz CT molecular complexity index is 663. The monoisotopic (exact) mass is 385 g/mol. The number of benzene rings is 1. The Hall–Kier alpha value is -1.86. The van der Waals surface area contributed by atoms with E-state index in [1.807, 2.05) is 12.1 Å². The van der Waals surface area contributed by atoms with Gasteiger partial charge in [0.25, 0.3) is 0 Å². The van der Waals surface area contributed by atoms with Crippen LogP contribution in [0.25, 0.3) is 0 Å². The van der Waals surface area contributed by atoms with Crippen molar-refractivity contribution in [3.63, 3.8) is 0 Å². The van der Waals surface area contributed by atoms with Crippen molar-refractivity contribution in [2.45, 2.75) is 18.4 Å². The first kappa shape index (κ1) is 21.2. The maximum atomic E-state index is 12.3. The normalized spacial score (nSPS) is 15.2. The Labute approximate surface area is 158 Å². The Morgan fingerprint density at radius 3 is 2.40 bits per heavy atom. The van der Waals surface area contributed by atoms with Crippen molar-refractivity contribution in [3.05, 3.63) is 48.7 Å². The summed E-state index contributed by atoms with van der Waals surface area (Å²) in [6, 6.07) is 12.6. The molecule has 2 heterocycles. The van der Waals surface area contributed by atoms with Gasteiger partial charge in [0.2, 0.25) is 11.8 Å². The molecule has 0 unspecified atom stereocenters. The molecule has 1 aliphatic rings. The average molecular weight is 386 g/mol. The standard InChI is InChI=1S/C17H19N3O3.2ClH/c18-17(8-11-22-12-9-17)16(21)20-13-4-6-14(7-5-13)23-15-3-1-2-10-19-15;;/h1-7,10H,8-9,11-12,18H2,(H,20,21);2*1H. The molecular weight excluding hydrogens is 365 g/mol. The number of rotatable bonds is 4. The minimum Gasteiger partial charge on any atom is -0.439 e. The number of hydrogen-bond donors (Lipinski definition) is 2. The van der Waals surface area contributed by atoms with Crippen molar-refractivity contribution < 1.29 is 14.3 Å². The van der Waals surface area contributed by atoms with Gasteiger partial charge < -0.3 is 20.5 Å². The van der Waals surface area contributed by atoms with Gasteiger partial charge in [0, 0.05) is 31.2 Å². The van der Waals surface area contributed by atoms with Crippen LogP contribution in [-0.4, -0.2) is 29.6 Å². The quantitative estimate of drug-likeness (QED) is 0.843. The van der Waals surface area contributed by atoms with E-state index in [4.69, 9.17) is 15.2 Å². The number of carbonyl (C=O) groups is 1. The Balaban J connectivity index is 0.00000156. The van der Waals surface area contributed by atoms with Crippen LogP contribution in [0.4, 0.5) is 5.69 Å². The molecule has 1 aromatic carbocycles. The number of pyridine rings is 1. The first-order chi connectivity index (χ1) is 11.2. The predicted octanol–water partition coefficient (Wildman–Crippen LogP) is 3.16. The molecule has 3 N–H and O–H groups in total. The molecule has 136 valence electrons. The number of hydrogen-bond acceptors (Lipinski definition) is 5. The van der Waals surface area contributed by atoms with E-state index in [1.54, 1.807) is 36.5 Å². The highest BCUT2D eigenvalue weighted by atomic mass is 35.5. The van der Waals surface area contributed by atoms with Gasteiger partial charge in [0.05, 0.1) is 0 Å². The molecule has 6 nitrogen and oxygen atoms in total. The van der Waals surface area contributed by atoms with E-state index in [1.165, 1.54) is 0 Å². The van der Waals surface area contributed by atoms with E-state index in [0.717, 1.165) is 0 Å². The smallest absolute Gasteiger partial charge is 0.244 e. The minimum atomic E-state index is -0.860. The van der Waals surface area contributed by atoms with E-state index in [9.17, 15) is 4.79 Å². The summed E-state index contributed by atoms with van der Waals surface area (Å²) in [6.07, 6.45) is 2.72. The van der Waals surface area contributed by atoms with Crippen LogP contribution in [0.1, 0.15) is 12.8 Å². The molecule has 3 rings (SSSR count). The van der Waals surface area contributed by atoms with Gasteiger partial charge in [-0.3, -0.25) is 4.79 Å². The van der Waals surface area contributed by atoms with Crippen LogP contribution in [0.5, 0.6) is 11.6 Å². The molecular formula is C17H21Cl2N3O3. The second-order valence-electron chi connectivity index (χ2n) is 5.52. The summed E-state index contributed by atoms with van der Waals surface area (Å²) in [5, 5.41) is 2.85. The Morgan fingerprint density at radius 1 is 1.12 bits per heavy atom. The van der Waals surface area contributed by atoms with Gasteiger partial charge in [-0.15, -0.1) is 24.8 Å². The van der Waals surface area contributed by atoms with Crippen LogP contribution in [-0.2, 0) is 9.53 Å². The summed E-state index contributed by atoms with van der Waals surface area (Å²) in [6.45, 7) is 1.03. The van der Waals surface area contributed by atoms with E-state index >= 15 is 0 Å². The average Bonchev–Trinajstić information content (AvgIpc) is 2.58. The molecule has 1 saturated heterocycles. The van der Waals surface area contributed by atoms with Crippen LogP contribution >= 0.6 is 24.8 Å². The summed E-state index contributed by atoms with van der Waals surface area (Å²) in [5.74, 6) is 0.988. The van der Waals surface area contributed by atoms with Gasteiger partial charge >= 0.3 is 0 Å². The third-order valence-corrected chi connectivity index (χ3v) is 3.81. The van der Waals surface area contributed by atoms with Gasteiger partial charge in [-0.1, -0.05) is 6.07 Å². The highest BCUT2D eigenvalue weighted by Crippen LogP contribution is 2.23. The Morgan fingerprint density at radius 2 is 1.80 bits per heavy atom. The first-order valence-corrected chi connectivity index (χ1v) is 7.53. The lowest BCUT2D eigenvalue weighted by molar-refractivity contribution is -0.124. The van der Waals surface area contributed by atoms with Crippen molar-refractivity contribution in [1.29, 1.82) is 0 Å². The van der Waals surface area contributed by atoms with Crippen molar-refractivity contribution in [1.82, 2.24) is 4.98 Å². The molecule has 0 spiro atoms. The van der Waals surface area contributed by atoms with Gasteiger partial charge in [-0.05, 0) is 43.2 Å². The second-order valence-corrected chi connectivity index (χ2v) is 5.52. The third-order valence-electron chi connectivity index (χ3n) is 3.81. The maximum Gasteiger partial charge on any atom is 0.244 e. The number of aromatic nitrogens is 1. The number of halogens is 2. The van der Waals surface area contributed by atoms with Crippen molar-refractivity contribution in [2.24, 2.45) is 5.73 Å². The number of amides is 1. The molecule has 0 saturated carbocycles. The van der Waals surface area contributed by atoms with Crippen LogP contribution in [0, 0.1) is 0 Å². The van der Waals surface area contributed by atoms with Crippen molar-refractivity contribution in [2.75, 3.05) is 18.5 Å². The first-order valence-electron chi connectivity index (χ1n) is 7.53. The number of nitrogens with two attached hydrogens (primary N) is 1. The van der Waals surface area contributed by atoms with Gasteiger partial charge in [-0.2, -0.15) is 0 Å². The van der Waals surface area contributed by atoms with Gasteiger partial charge in [-0.25, -0.2) is 4.98 Å². The molecule has 1 aromatic heterocycles. The molecule has 1 fully saturated rings. The Kier molecular flexibility index (Phi) is 8.12. The predicted molar refractivity (Wildman–Crippen MR) is 101 cm³/mol. The summed E-state index contributed by atoms with van der Waals surface area (Å²) < 4.78 is 10.9. The SMILES string of the molecule is Cl.Cl.NC1(C(=O)Nc2ccc(Oc3ccccn3)cc2)CCOCC1. The van der Waals surface area contributed by atoms with Crippen LogP contribution in [0.3, 0.4) is 0 Å². The fourth-order valence-electron chi connectivity index (χ4n) is 2.35. The molecule has 0 aliphatic carbocycles. The summed E-state index contributed by atoms with van der Waals surface area (Å²) >= 11 is 0. The highest BCUT2D eigenvalue weighted by molar-refractivity contribution is 5.98. The highest BCUT2D eigenvalue weighted by Gasteiger charge is 2.35. The lowest BCUT2D eigenvalue weighted by atomic mass is 9.90. The topological polar surface area (TPSA) is 86.5 Å². The number of carbonyl (C=O) groups excluding carboxylic acids is 1. The fourth-order valence-corrected chi connectivity index (χ4v) is 2.35. The molecule has 1 aliphatic heterocycles. The number of nitrogens with one attached hydrogen (secondary N) is 1. The van der Waals surface area contributed by atoms with E-state index in [2.05, 4.69) is 10.3 Å². The fraction of sp³-hybridized carbons (Fsp3) is 0.294. The molecule has 8 heteroatoms. The van der Waals surface area contributed by atoms with Crippen LogP contribution < -0.4 is 15.8 Å². The largest absolute Gasteiger partial charge is 0.439 e. The lowest BCUT2D eigenvalue weighted by Gasteiger charge is -2.31. The molecule has 1 amide bonds. The molecule has 0 bridgehead atoms. The van der Waals surface area contributed by atoms with E-state index < -0.39 is 5.54 Å². The number of anilines is 1. The molecule has 0 radical (unpaired) electrons. The zero-order valence-electron chi connectivity index (χ0n) is 13.5. The third kappa shape index (κ3) is 5.57. The number of ether oxygens (including phenoxy) is 2. The molecule has 25 heavy (non-hydrogen) atoms. The number of nitrogens with zero attached hydrogens (tertiary/aromatic N) is 1. The van der Waals surface area contributed by atoms with Gasteiger partial charge in [0.1, 0.15) is 11.3 Å². The zero-order chi connectivity index (χ0) is 16.1. The summed E-state index contributed by atoms with van der Waals surface area (Å²) in [4.78, 5) is 16.4. The zero-order valence-corrected chi connectivity index (χ0v) is 15.1.